The van der Waals surface area contributed by atoms with Gasteiger partial charge in [-0.1, -0.05) is 48.0 Å². The molecule has 29 heavy (non-hydrogen) atoms. The van der Waals surface area contributed by atoms with Crippen LogP contribution in [0, 0.1) is 12.8 Å². The van der Waals surface area contributed by atoms with Gasteiger partial charge in [0.25, 0.3) is 5.91 Å². The Labute approximate surface area is 174 Å². The Kier molecular flexibility index (Phi) is 6.54. The second kappa shape index (κ2) is 9.09. The van der Waals surface area contributed by atoms with E-state index in [0.717, 1.165) is 11.1 Å². The largest absolute Gasteiger partial charge is 0.455 e. The molecule has 1 aliphatic heterocycles. The molecule has 1 saturated heterocycles. The first kappa shape index (κ1) is 20.9. The lowest BCUT2D eigenvalue weighted by molar-refractivity contribution is -0.151. The Bertz CT molecular complexity index is 916. The van der Waals surface area contributed by atoms with Crippen molar-refractivity contribution in [1.29, 1.82) is 0 Å². The van der Waals surface area contributed by atoms with Crippen molar-refractivity contribution in [2.45, 2.75) is 26.3 Å². The van der Waals surface area contributed by atoms with Gasteiger partial charge in [0.05, 0.1) is 22.7 Å². The van der Waals surface area contributed by atoms with Crippen LogP contribution in [-0.2, 0) is 19.1 Å². The monoisotopic (exact) mass is 414 g/mol. The topological polar surface area (TPSA) is 75.7 Å². The van der Waals surface area contributed by atoms with Crippen LogP contribution in [0.1, 0.15) is 30.5 Å². The zero-order chi connectivity index (χ0) is 21.0. The van der Waals surface area contributed by atoms with Crippen molar-refractivity contribution in [2.75, 3.05) is 18.5 Å². The maximum absolute atomic E-state index is 12.4. The first-order chi connectivity index (χ1) is 13.8. The number of anilines is 1. The third kappa shape index (κ3) is 5.15. The summed E-state index contributed by atoms with van der Waals surface area (Å²) in [5.41, 5.74) is 2.43. The van der Waals surface area contributed by atoms with Gasteiger partial charge in [-0.3, -0.25) is 14.4 Å². The number of carbonyl (C=O) groups excluding carboxylic acids is 3. The van der Waals surface area contributed by atoms with Gasteiger partial charge in [0.2, 0.25) is 5.91 Å². The molecule has 0 aromatic heterocycles. The highest BCUT2D eigenvalue weighted by atomic mass is 35.5. The second-order valence-corrected chi connectivity index (χ2v) is 7.58. The maximum Gasteiger partial charge on any atom is 0.311 e. The van der Waals surface area contributed by atoms with E-state index in [1.165, 1.54) is 0 Å². The molecule has 7 heteroatoms. The van der Waals surface area contributed by atoms with E-state index in [4.69, 9.17) is 16.3 Å². The van der Waals surface area contributed by atoms with Crippen LogP contribution in [0.2, 0.25) is 5.02 Å². The van der Waals surface area contributed by atoms with Crippen molar-refractivity contribution in [1.82, 2.24) is 4.90 Å². The fourth-order valence-electron chi connectivity index (χ4n) is 3.34. The number of amides is 2. The van der Waals surface area contributed by atoms with Gasteiger partial charge in [0.1, 0.15) is 0 Å². The Morgan fingerprint density at radius 1 is 1.24 bits per heavy atom. The molecule has 0 spiro atoms. The summed E-state index contributed by atoms with van der Waals surface area (Å²) in [4.78, 5) is 38.5. The number of ether oxygens (including phenoxy) is 1. The molecule has 6 nitrogen and oxygen atoms in total. The van der Waals surface area contributed by atoms with Gasteiger partial charge in [0.15, 0.2) is 6.61 Å². The molecule has 0 saturated carbocycles. The van der Waals surface area contributed by atoms with Gasteiger partial charge in [-0.25, -0.2) is 0 Å². The lowest BCUT2D eigenvalue weighted by Gasteiger charge is -2.25. The van der Waals surface area contributed by atoms with E-state index in [-0.39, 0.29) is 24.9 Å². The summed E-state index contributed by atoms with van der Waals surface area (Å²) in [5, 5.41) is 3.03. The Balaban J connectivity index is 1.52. The lowest BCUT2D eigenvalue weighted by atomic mass is 10.1. The van der Waals surface area contributed by atoms with Gasteiger partial charge in [-0.05, 0) is 37.1 Å². The van der Waals surface area contributed by atoms with Crippen molar-refractivity contribution < 1.29 is 19.1 Å². The Morgan fingerprint density at radius 2 is 1.97 bits per heavy atom. The third-order valence-corrected chi connectivity index (χ3v) is 5.30. The van der Waals surface area contributed by atoms with E-state index in [0.29, 0.717) is 10.7 Å². The number of aryl methyl sites for hydroxylation is 1. The molecule has 2 amide bonds. The molecule has 0 radical (unpaired) electrons. The number of nitrogens with zero attached hydrogens (tertiary/aromatic N) is 1. The Hall–Kier alpha value is -2.86. The van der Waals surface area contributed by atoms with Gasteiger partial charge < -0.3 is 15.0 Å². The average Bonchev–Trinajstić information content (AvgIpc) is 3.10. The van der Waals surface area contributed by atoms with Crippen LogP contribution in [0.25, 0.3) is 0 Å². The predicted molar refractivity (Wildman–Crippen MR) is 110 cm³/mol. The van der Waals surface area contributed by atoms with Crippen LogP contribution in [0.4, 0.5) is 5.69 Å². The predicted octanol–water partition coefficient (Wildman–Crippen LogP) is 3.74. The molecule has 0 bridgehead atoms. The van der Waals surface area contributed by atoms with E-state index in [9.17, 15) is 14.4 Å². The summed E-state index contributed by atoms with van der Waals surface area (Å²) in [6, 6.07) is 14.7. The van der Waals surface area contributed by atoms with Gasteiger partial charge in [-0.2, -0.15) is 0 Å². The first-order valence-corrected chi connectivity index (χ1v) is 9.80. The minimum absolute atomic E-state index is 0.0847. The molecule has 2 aromatic carbocycles. The summed E-state index contributed by atoms with van der Waals surface area (Å²) in [6.45, 7) is 3.67. The van der Waals surface area contributed by atoms with Crippen molar-refractivity contribution in [3.05, 3.63) is 64.7 Å². The number of benzene rings is 2. The molecule has 1 aliphatic rings. The molecule has 0 unspecified atom stereocenters. The van der Waals surface area contributed by atoms with Crippen LogP contribution < -0.4 is 5.32 Å². The number of hydrogen-bond acceptors (Lipinski definition) is 4. The highest BCUT2D eigenvalue weighted by Crippen LogP contribution is 2.29. The summed E-state index contributed by atoms with van der Waals surface area (Å²) in [5.74, 6) is -1.71. The summed E-state index contributed by atoms with van der Waals surface area (Å²) in [7, 11) is 0. The summed E-state index contributed by atoms with van der Waals surface area (Å²) >= 11 is 6.09. The van der Waals surface area contributed by atoms with Crippen LogP contribution in [0.3, 0.4) is 0 Å². The smallest absolute Gasteiger partial charge is 0.311 e. The molecule has 1 fully saturated rings. The van der Waals surface area contributed by atoms with E-state index in [1.54, 1.807) is 17.0 Å². The van der Waals surface area contributed by atoms with Crippen LogP contribution >= 0.6 is 11.6 Å². The average molecular weight is 415 g/mol. The highest BCUT2D eigenvalue weighted by molar-refractivity contribution is 6.33. The minimum atomic E-state index is -0.579. The SMILES string of the molecule is Cc1ccc(NC(=O)COC(=O)[C@@H]2CC(=O)N([C@H](C)c3ccccc3)C2)c(Cl)c1. The molecular weight excluding hydrogens is 392 g/mol. The number of esters is 1. The van der Waals surface area contributed by atoms with Crippen molar-refractivity contribution in [2.24, 2.45) is 5.92 Å². The van der Waals surface area contributed by atoms with Crippen molar-refractivity contribution >= 4 is 35.1 Å². The van der Waals surface area contributed by atoms with Gasteiger partial charge in [-0.15, -0.1) is 0 Å². The maximum atomic E-state index is 12.4. The number of likely N-dealkylation sites (tertiary alicyclic amines) is 1. The number of halogens is 1. The van der Waals surface area contributed by atoms with E-state index < -0.39 is 24.4 Å². The van der Waals surface area contributed by atoms with E-state index in [1.807, 2.05) is 50.2 Å². The number of rotatable bonds is 6. The van der Waals surface area contributed by atoms with Crippen LogP contribution in [-0.4, -0.2) is 35.8 Å². The quantitative estimate of drug-likeness (QED) is 0.730. The first-order valence-electron chi connectivity index (χ1n) is 9.42. The van der Waals surface area contributed by atoms with E-state index >= 15 is 0 Å². The van der Waals surface area contributed by atoms with Gasteiger partial charge in [0, 0.05) is 13.0 Å². The zero-order valence-corrected chi connectivity index (χ0v) is 17.1. The van der Waals surface area contributed by atoms with E-state index in [2.05, 4.69) is 5.32 Å². The zero-order valence-electron chi connectivity index (χ0n) is 16.4. The molecule has 2 aromatic rings. The fraction of sp³-hybridized carbons (Fsp3) is 0.318. The molecule has 1 heterocycles. The molecular formula is C22H23ClN2O4. The minimum Gasteiger partial charge on any atom is -0.455 e. The molecule has 152 valence electrons. The van der Waals surface area contributed by atoms with Crippen LogP contribution in [0.5, 0.6) is 0 Å². The molecule has 3 rings (SSSR count). The summed E-state index contributed by atoms with van der Waals surface area (Å²) in [6.07, 6.45) is 0.0847. The second-order valence-electron chi connectivity index (χ2n) is 7.17. The van der Waals surface area contributed by atoms with Gasteiger partial charge >= 0.3 is 5.97 Å². The van der Waals surface area contributed by atoms with Crippen molar-refractivity contribution in [3.8, 4) is 0 Å². The standard InChI is InChI=1S/C22H23ClN2O4/c1-14-8-9-19(18(23)10-14)24-20(26)13-29-22(28)17-11-21(27)25(12-17)15(2)16-6-4-3-5-7-16/h3-10,15,17H,11-13H2,1-2H3,(H,24,26)/t15-,17-/m1/s1. The number of hydrogen-bond donors (Lipinski definition) is 1. The molecule has 2 atom stereocenters. The molecule has 0 aliphatic carbocycles. The molecule has 1 N–H and O–H groups in total. The fourth-order valence-corrected chi connectivity index (χ4v) is 3.62. The summed E-state index contributed by atoms with van der Waals surface area (Å²) < 4.78 is 5.13. The van der Waals surface area contributed by atoms with Crippen molar-refractivity contribution in [3.63, 3.8) is 0 Å². The Morgan fingerprint density at radius 3 is 2.66 bits per heavy atom. The van der Waals surface area contributed by atoms with Crippen LogP contribution in [0.15, 0.2) is 48.5 Å². The number of carbonyl (C=O) groups is 3. The highest BCUT2D eigenvalue weighted by Gasteiger charge is 2.38. The normalized spacial score (nSPS) is 17.1. The third-order valence-electron chi connectivity index (χ3n) is 4.99. The number of nitrogens with one attached hydrogen (secondary N) is 1. The lowest BCUT2D eigenvalue weighted by Crippen LogP contribution is -2.30.